The van der Waals surface area contributed by atoms with Crippen molar-refractivity contribution in [1.82, 2.24) is 0 Å². The van der Waals surface area contributed by atoms with E-state index >= 15 is 0 Å². The minimum atomic E-state index is -0.618. The van der Waals surface area contributed by atoms with Crippen molar-refractivity contribution in [3.05, 3.63) is 93.6 Å². The Hall–Kier alpha value is -4.90. The van der Waals surface area contributed by atoms with Crippen LogP contribution in [0.25, 0.3) is 11.0 Å². The number of allylic oxidation sites excluding steroid dienone is 1. The lowest BCUT2D eigenvalue weighted by molar-refractivity contribution is 0.0702. The molecule has 0 fully saturated rings. The summed E-state index contributed by atoms with van der Waals surface area (Å²) in [5.41, 5.74) is 11.5. The van der Waals surface area contributed by atoms with Crippen LogP contribution in [0.4, 0.5) is 0 Å². The highest BCUT2D eigenvalue weighted by Gasteiger charge is 2.32. The molecular weight excluding hydrogens is 532 g/mol. The van der Waals surface area contributed by atoms with Gasteiger partial charge < -0.3 is 29.1 Å². The SMILES string of the molecule is CCCCOc1ccc(C2C(C#N)=C(N)Oc3cc(OC(=O)c4oc5cc(C)c(C)cc5c4C)ccc32)cc1OCC. The average Bonchev–Trinajstić information content (AvgIpc) is 3.28. The summed E-state index contributed by atoms with van der Waals surface area (Å²) in [6.07, 6.45) is 1.95. The number of carbonyl (C=O) groups excluding carboxylic acids is 1. The quantitative estimate of drug-likeness (QED) is 0.127. The summed E-state index contributed by atoms with van der Waals surface area (Å²) in [5.74, 6) is 0.866. The number of ether oxygens (including phenoxy) is 4. The Morgan fingerprint density at radius 1 is 1.00 bits per heavy atom. The van der Waals surface area contributed by atoms with Crippen LogP contribution in [0.3, 0.4) is 0 Å². The first kappa shape index (κ1) is 28.6. The summed E-state index contributed by atoms with van der Waals surface area (Å²) < 4.78 is 29.3. The number of hydrogen-bond acceptors (Lipinski definition) is 8. The van der Waals surface area contributed by atoms with Crippen molar-refractivity contribution in [3.63, 3.8) is 0 Å². The Morgan fingerprint density at radius 3 is 2.52 bits per heavy atom. The van der Waals surface area contributed by atoms with Gasteiger partial charge in [-0.15, -0.1) is 0 Å². The summed E-state index contributed by atoms with van der Waals surface area (Å²) >= 11 is 0. The van der Waals surface area contributed by atoms with Crippen LogP contribution in [0.2, 0.25) is 0 Å². The molecule has 3 aromatic carbocycles. The second-order valence-corrected chi connectivity index (χ2v) is 10.3. The first-order valence-electron chi connectivity index (χ1n) is 14.1. The summed E-state index contributed by atoms with van der Waals surface area (Å²) in [5, 5.41) is 10.9. The monoisotopic (exact) mass is 566 g/mol. The first-order chi connectivity index (χ1) is 20.2. The third kappa shape index (κ3) is 5.38. The minimum Gasteiger partial charge on any atom is -0.490 e. The van der Waals surface area contributed by atoms with Gasteiger partial charge in [0, 0.05) is 22.6 Å². The lowest BCUT2D eigenvalue weighted by Gasteiger charge is -2.27. The average molecular weight is 567 g/mol. The van der Waals surface area contributed by atoms with Crippen LogP contribution >= 0.6 is 0 Å². The largest absolute Gasteiger partial charge is 0.490 e. The van der Waals surface area contributed by atoms with Crippen molar-refractivity contribution in [2.24, 2.45) is 5.73 Å². The van der Waals surface area contributed by atoms with Crippen LogP contribution in [0, 0.1) is 32.1 Å². The second-order valence-electron chi connectivity index (χ2n) is 10.3. The van der Waals surface area contributed by atoms with Crippen molar-refractivity contribution >= 4 is 16.9 Å². The van der Waals surface area contributed by atoms with Crippen molar-refractivity contribution in [2.75, 3.05) is 13.2 Å². The predicted octanol–water partition coefficient (Wildman–Crippen LogP) is 7.37. The van der Waals surface area contributed by atoms with Crippen LogP contribution in [-0.4, -0.2) is 19.2 Å². The maximum atomic E-state index is 13.2. The molecule has 0 aliphatic carbocycles. The smallest absolute Gasteiger partial charge is 0.379 e. The van der Waals surface area contributed by atoms with Crippen LogP contribution in [0.5, 0.6) is 23.0 Å². The Bertz CT molecular complexity index is 1740. The normalized spacial score (nSPS) is 14.2. The molecular formula is C34H34N2O6. The molecule has 0 spiro atoms. The number of nitriles is 1. The molecule has 216 valence electrons. The number of unbranched alkanes of at least 4 members (excludes halogenated alkanes) is 1. The summed E-state index contributed by atoms with van der Waals surface area (Å²) in [6.45, 7) is 10.9. The van der Waals surface area contributed by atoms with Crippen LogP contribution in [0.15, 0.2) is 64.4 Å². The molecule has 8 nitrogen and oxygen atoms in total. The predicted molar refractivity (Wildman–Crippen MR) is 159 cm³/mol. The zero-order valence-electron chi connectivity index (χ0n) is 24.5. The minimum absolute atomic E-state index is 0.0152. The van der Waals surface area contributed by atoms with Crippen LogP contribution in [-0.2, 0) is 0 Å². The molecule has 2 N–H and O–H groups in total. The molecule has 0 radical (unpaired) electrons. The van der Waals surface area contributed by atoms with E-state index in [2.05, 4.69) is 13.0 Å². The summed E-state index contributed by atoms with van der Waals surface area (Å²) in [4.78, 5) is 13.2. The van der Waals surface area contributed by atoms with E-state index in [9.17, 15) is 10.1 Å². The fourth-order valence-corrected chi connectivity index (χ4v) is 5.08. The Labute approximate surface area is 245 Å². The molecule has 1 atom stereocenters. The number of benzene rings is 3. The topological polar surface area (TPSA) is 117 Å². The van der Waals surface area contributed by atoms with Crippen molar-refractivity contribution < 1.29 is 28.2 Å². The molecule has 0 saturated carbocycles. The molecule has 0 saturated heterocycles. The maximum absolute atomic E-state index is 13.2. The fourth-order valence-electron chi connectivity index (χ4n) is 5.08. The molecule has 5 rings (SSSR count). The highest BCUT2D eigenvalue weighted by atomic mass is 16.5. The van der Waals surface area contributed by atoms with E-state index in [1.54, 1.807) is 18.2 Å². The molecule has 4 aromatic rings. The molecule has 1 aliphatic heterocycles. The molecule has 0 bridgehead atoms. The number of nitrogens with zero attached hydrogens (tertiary/aromatic N) is 1. The van der Waals surface area contributed by atoms with Gasteiger partial charge in [-0.05, 0) is 81.1 Å². The molecule has 2 heterocycles. The number of nitrogens with two attached hydrogens (primary N) is 1. The number of aryl methyl sites for hydroxylation is 3. The molecule has 1 aromatic heterocycles. The number of fused-ring (bicyclic) bond motifs is 2. The molecule has 1 aliphatic rings. The lowest BCUT2D eigenvalue weighted by atomic mass is 9.83. The van der Waals surface area contributed by atoms with Gasteiger partial charge in [0.05, 0.1) is 19.1 Å². The van der Waals surface area contributed by atoms with Crippen LogP contribution in [0.1, 0.15) is 71.0 Å². The number of furan rings is 1. The Morgan fingerprint density at radius 2 is 1.79 bits per heavy atom. The van der Waals surface area contributed by atoms with E-state index in [1.807, 2.05) is 58.0 Å². The number of esters is 1. The van der Waals surface area contributed by atoms with Gasteiger partial charge in [0.1, 0.15) is 28.7 Å². The standard InChI is InChI=1S/C34H34N2O6/c1-6-8-13-39-27-12-9-22(16-30(27)38-7-2)31-24-11-10-23(17-29(24)42-33(36)26(31)18-35)40-34(37)32-21(5)25-14-19(3)20(4)15-28(25)41-32/h9-12,14-17,31H,6-8,13,36H2,1-5H3. The molecule has 42 heavy (non-hydrogen) atoms. The van der Waals surface area contributed by atoms with Crippen molar-refractivity contribution in [1.29, 1.82) is 5.26 Å². The van der Waals surface area contributed by atoms with E-state index in [0.717, 1.165) is 34.9 Å². The highest BCUT2D eigenvalue weighted by molar-refractivity contribution is 5.97. The van der Waals surface area contributed by atoms with Gasteiger partial charge in [-0.2, -0.15) is 5.26 Å². The Kier molecular flexibility index (Phi) is 8.12. The van der Waals surface area contributed by atoms with Gasteiger partial charge in [-0.1, -0.05) is 25.5 Å². The summed E-state index contributed by atoms with van der Waals surface area (Å²) in [6, 6.07) is 16.8. The van der Waals surface area contributed by atoms with Crippen molar-refractivity contribution in [2.45, 2.75) is 53.4 Å². The van der Waals surface area contributed by atoms with Gasteiger partial charge in [0.2, 0.25) is 11.6 Å². The summed E-state index contributed by atoms with van der Waals surface area (Å²) in [7, 11) is 0. The zero-order valence-corrected chi connectivity index (χ0v) is 24.5. The van der Waals surface area contributed by atoms with Gasteiger partial charge in [-0.3, -0.25) is 0 Å². The van der Waals surface area contributed by atoms with E-state index in [-0.39, 0.29) is 23.0 Å². The first-order valence-corrected chi connectivity index (χ1v) is 14.1. The zero-order chi connectivity index (χ0) is 30.0. The van der Waals surface area contributed by atoms with Gasteiger partial charge in [-0.25, -0.2) is 4.79 Å². The van der Waals surface area contributed by atoms with E-state index < -0.39 is 11.9 Å². The Balaban J connectivity index is 1.47. The maximum Gasteiger partial charge on any atom is 0.379 e. The van der Waals surface area contributed by atoms with Gasteiger partial charge >= 0.3 is 5.97 Å². The van der Waals surface area contributed by atoms with E-state index in [1.165, 1.54) is 0 Å². The number of rotatable bonds is 9. The number of carbonyl (C=O) groups is 1. The fraction of sp³-hybridized carbons (Fsp3) is 0.294. The number of hydrogen-bond donors (Lipinski definition) is 1. The molecule has 8 heteroatoms. The van der Waals surface area contributed by atoms with Crippen LogP contribution < -0.4 is 24.7 Å². The third-order valence-electron chi connectivity index (χ3n) is 7.50. The molecule has 0 amide bonds. The van der Waals surface area contributed by atoms with Gasteiger partial charge in [0.25, 0.3) is 0 Å². The van der Waals surface area contributed by atoms with E-state index in [4.69, 9.17) is 29.1 Å². The molecule has 1 unspecified atom stereocenters. The highest BCUT2D eigenvalue weighted by Crippen LogP contribution is 2.45. The van der Waals surface area contributed by atoms with Crippen molar-refractivity contribution in [3.8, 4) is 29.1 Å². The second kappa shape index (κ2) is 11.9. The van der Waals surface area contributed by atoms with Gasteiger partial charge in [0.15, 0.2) is 11.5 Å². The van der Waals surface area contributed by atoms with E-state index in [0.29, 0.717) is 47.2 Å². The third-order valence-corrected chi connectivity index (χ3v) is 7.50. The lowest BCUT2D eigenvalue weighted by Crippen LogP contribution is -2.21.